The molecule has 1 unspecified atom stereocenters. The number of fused-ring (bicyclic) bond motifs is 2. The highest BCUT2D eigenvalue weighted by Gasteiger charge is 2.33. The molecule has 1 saturated carbocycles. The molecule has 1 fully saturated rings. The molecule has 1 aliphatic heterocycles. The van der Waals surface area contributed by atoms with Crippen molar-refractivity contribution in [3.8, 4) is 6.57 Å². The van der Waals surface area contributed by atoms with Crippen molar-refractivity contribution in [1.29, 1.82) is 5.26 Å². The highest BCUT2D eigenvalue weighted by Crippen LogP contribution is 2.35. The molecule has 2 N–H and O–H groups in total. The van der Waals surface area contributed by atoms with Gasteiger partial charge in [-0.3, -0.25) is 9.48 Å². The van der Waals surface area contributed by atoms with Crippen LogP contribution in [0.15, 0.2) is 40.2 Å². The third kappa shape index (κ3) is 3.29. The third-order valence-corrected chi connectivity index (χ3v) is 7.71. The number of nitriles is 1. The molecule has 0 bridgehead atoms. The van der Waals surface area contributed by atoms with Gasteiger partial charge in [-0.2, -0.15) is 5.10 Å². The Morgan fingerprint density at radius 2 is 2.07 bits per heavy atom. The van der Waals surface area contributed by atoms with Crippen molar-refractivity contribution >= 4 is 32.2 Å². The fourth-order valence-electron chi connectivity index (χ4n) is 3.78. The quantitative estimate of drug-likeness (QED) is 0.681. The minimum absolute atomic E-state index is 0.186. The summed E-state index contributed by atoms with van der Waals surface area (Å²) in [7, 11) is -3.22. The van der Waals surface area contributed by atoms with Gasteiger partial charge in [0.15, 0.2) is 15.7 Å². The van der Waals surface area contributed by atoms with E-state index in [4.69, 9.17) is 5.26 Å². The molecule has 2 aromatic heterocycles. The maximum Gasteiger partial charge on any atom is 0.261 e. The molecule has 8 nitrogen and oxygen atoms in total. The first-order chi connectivity index (χ1) is 13.9. The van der Waals surface area contributed by atoms with Crippen molar-refractivity contribution in [3.63, 3.8) is 0 Å². The zero-order valence-corrected chi connectivity index (χ0v) is 16.7. The van der Waals surface area contributed by atoms with E-state index in [1.54, 1.807) is 25.3 Å². The Balaban J connectivity index is 0.000000994. The van der Waals surface area contributed by atoms with Gasteiger partial charge in [-0.1, -0.05) is 0 Å². The molecule has 0 spiro atoms. The number of nitrogens with zero attached hydrogens (tertiary/aromatic N) is 3. The summed E-state index contributed by atoms with van der Waals surface area (Å²) in [6, 6.07) is 7.09. The molecule has 0 radical (unpaired) electrons. The number of nitrogens with one attached hydrogen (secondary N) is 2. The number of benzene rings is 1. The Bertz CT molecular complexity index is 1270. The Kier molecular flexibility index (Phi) is 4.67. The van der Waals surface area contributed by atoms with E-state index < -0.39 is 15.1 Å². The average molecular weight is 411 g/mol. The lowest BCUT2D eigenvalue weighted by molar-refractivity contribution is 0.582. The number of rotatable bonds is 4. The first kappa shape index (κ1) is 19.2. The normalized spacial score (nSPS) is 19.3. The molecule has 2 aliphatic rings. The van der Waals surface area contributed by atoms with Crippen molar-refractivity contribution in [2.45, 2.75) is 42.9 Å². The first-order valence-electron chi connectivity index (χ1n) is 9.41. The van der Waals surface area contributed by atoms with E-state index >= 15 is 0 Å². The average Bonchev–Trinajstić information content (AvgIpc) is 3.40. The molecule has 1 aliphatic carbocycles. The highest BCUT2D eigenvalue weighted by molar-refractivity contribution is 7.92. The van der Waals surface area contributed by atoms with E-state index in [1.807, 2.05) is 16.8 Å². The summed E-state index contributed by atoms with van der Waals surface area (Å²) in [5.41, 5.74) is 2.17. The second-order valence-electron chi connectivity index (χ2n) is 7.55. The zero-order valence-electron chi connectivity index (χ0n) is 15.9. The van der Waals surface area contributed by atoms with E-state index in [9.17, 15) is 13.2 Å². The van der Waals surface area contributed by atoms with E-state index in [-0.39, 0.29) is 5.56 Å². The number of pyridine rings is 1. The zero-order chi connectivity index (χ0) is 20.8. The van der Waals surface area contributed by atoms with Crippen LogP contribution in [-0.4, -0.2) is 28.4 Å². The minimum Gasteiger partial charge on any atom is -0.338 e. The van der Waals surface area contributed by atoms with E-state index in [2.05, 4.69) is 22.0 Å². The minimum atomic E-state index is -3.22. The number of H-pyrrole nitrogens is 1. The van der Waals surface area contributed by atoms with Gasteiger partial charge in [0.2, 0.25) is 0 Å². The van der Waals surface area contributed by atoms with Gasteiger partial charge in [-0.25, -0.2) is 13.7 Å². The van der Waals surface area contributed by atoms with Crippen LogP contribution in [-0.2, 0) is 22.8 Å². The predicted molar refractivity (Wildman–Crippen MR) is 110 cm³/mol. The van der Waals surface area contributed by atoms with Gasteiger partial charge in [-0.15, -0.1) is 0 Å². The monoisotopic (exact) mass is 411 g/mol. The largest absolute Gasteiger partial charge is 0.338 e. The summed E-state index contributed by atoms with van der Waals surface area (Å²) in [5.74, 6) is 1.13. The van der Waals surface area contributed by atoms with Crippen molar-refractivity contribution < 1.29 is 8.42 Å². The summed E-state index contributed by atoms with van der Waals surface area (Å²) in [5, 5.41) is 14.5. The second-order valence-corrected chi connectivity index (χ2v) is 9.88. The lowest BCUT2D eigenvalue weighted by Gasteiger charge is -2.06. The summed E-state index contributed by atoms with van der Waals surface area (Å²) in [4.78, 5) is 15.5. The van der Waals surface area contributed by atoms with Crippen LogP contribution in [0.3, 0.4) is 0 Å². The van der Waals surface area contributed by atoms with E-state index in [1.165, 1.54) is 12.8 Å². The fourth-order valence-corrected chi connectivity index (χ4v) is 5.37. The number of hydrogen-bond acceptors (Lipinski definition) is 6. The maximum absolute atomic E-state index is 12.4. The van der Waals surface area contributed by atoms with Crippen LogP contribution in [0.2, 0.25) is 0 Å². The van der Waals surface area contributed by atoms with Gasteiger partial charge in [0.25, 0.3) is 5.56 Å². The van der Waals surface area contributed by atoms with Crippen LogP contribution in [0.25, 0.3) is 10.9 Å². The van der Waals surface area contributed by atoms with Gasteiger partial charge in [0.1, 0.15) is 5.39 Å². The van der Waals surface area contributed by atoms with Gasteiger partial charge < -0.3 is 10.3 Å². The lowest BCUT2D eigenvalue weighted by Crippen LogP contribution is -2.11. The summed E-state index contributed by atoms with van der Waals surface area (Å²) in [6.07, 6.45) is 4.54. The lowest BCUT2D eigenvalue weighted by atomic mass is 10.1. The number of sulfone groups is 1. The molecule has 29 heavy (non-hydrogen) atoms. The topological polar surface area (TPSA) is 121 Å². The van der Waals surface area contributed by atoms with Crippen LogP contribution < -0.4 is 10.9 Å². The van der Waals surface area contributed by atoms with Crippen LogP contribution in [0.5, 0.6) is 0 Å². The van der Waals surface area contributed by atoms with Crippen LogP contribution in [0.4, 0.5) is 11.5 Å². The maximum atomic E-state index is 12.4. The number of aromatic amines is 1. The van der Waals surface area contributed by atoms with Crippen LogP contribution in [0, 0.1) is 17.8 Å². The van der Waals surface area contributed by atoms with Crippen molar-refractivity contribution in [1.82, 2.24) is 14.8 Å². The van der Waals surface area contributed by atoms with Gasteiger partial charge in [0, 0.05) is 25.0 Å². The first-order valence-corrected chi connectivity index (χ1v) is 11.0. The molecule has 0 saturated heterocycles. The highest BCUT2D eigenvalue weighted by atomic mass is 32.2. The van der Waals surface area contributed by atoms with Gasteiger partial charge >= 0.3 is 0 Å². The number of aromatic nitrogens is 3. The van der Waals surface area contributed by atoms with E-state index in [0.29, 0.717) is 28.4 Å². The van der Waals surface area contributed by atoms with Crippen molar-refractivity contribution in [2.75, 3.05) is 5.32 Å². The number of anilines is 2. The smallest absolute Gasteiger partial charge is 0.261 e. The second kappa shape index (κ2) is 7.04. The Hall–Kier alpha value is -3.12. The standard InChI is InChI=1S/C19H20N4O3S.CHN/c1-11-8-13-9-14(4-5-16(13)27(11,25)26)21-18-17-15(6-7-20-19(17)24)23(22-18)10-12-2-3-12;1-2/h4-7,9,11-12H,2-3,8,10H2,1H3,(H,20,24)(H,21,22);1H. The van der Waals surface area contributed by atoms with Gasteiger partial charge in [-0.05, 0) is 61.9 Å². The number of hydrogen-bond donors (Lipinski definition) is 2. The molecule has 1 atom stereocenters. The molecule has 3 aromatic rings. The molecule has 3 heterocycles. The summed E-state index contributed by atoms with van der Waals surface area (Å²) >= 11 is 0. The van der Waals surface area contributed by atoms with Gasteiger partial charge in [0.05, 0.1) is 15.7 Å². The Morgan fingerprint density at radius 1 is 1.31 bits per heavy atom. The molecule has 0 amide bonds. The predicted octanol–water partition coefficient (Wildman–Crippen LogP) is 2.74. The van der Waals surface area contributed by atoms with Crippen molar-refractivity contribution in [2.24, 2.45) is 5.92 Å². The summed E-state index contributed by atoms with van der Waals surface area (Å²) in [6.45, 7) is 6.04. The molecule has 1 aromatic carbocycles. The molecular weight excluding hydrogens is 390 g/mol. The molecule has 5 rings (SSSR count). The Morgan fingerprint density at radius 3 is 2.79 bits per heavy atom. The van der Waals surface area contributed by atoms with E-state index in [0.717, 1.165) is 23.3 Å². The van der Waals surface area contributed by atoms with Crippen LogP contribution in [0.1, 0.15) is 25.3 Å². The fraction of sp³-hybridized carbons (Fsp3) is 0.350. The molecule has 9 heteroatoms. The third-order valence-electron chi connectivity index (χ3n) is 5.47. The molecular formula is C20H21N5O3S. The SMILES string of the molecule is C#N.CC1Cc2cc(Nc3nn(CC4CC4)c4cc[nH]c(=O)c34)ccc2S1(=O)=O. The Labute approximate surface area is 168 Å². The van der Waals surface area contributed by atoms with Crippen LogP contribution >= 0.6 is 0 Å². The van der Waals surface area contributed by atoms with Crippen molar-refractivity contribution in [3.05, 3.63) is 46.4 Å². The summed E-state index contributed by atoms with van der Waals surface area (Å²) < 4.78 is 26.5. The molecule has 150 valence electrons.